The Morgan fingerprint density at radius 1 is 1.14 bits per heavy atom. The first-order valence-electron chi connectivity index (χ1n) is 8.92. The Balaban J connectivity index is 1.86. The molecule has 2 N–H and O–H groups in total. The summed E-state index contributed by atoms with van der Waals surface area (Å²) >= 11 is 9.55. The van der Waals surface area contributed by atoms with Crippen LogP contribution in [0.25, 0.3) is 0 Å². The number of hydrogen-bond donors (Lipinski definition) is 2. The molecule has 0 aliphatic rings. The van der Waals surface area contributed by atoms with Gasteiger partial charge in [-0.2, -0.15) is 0 Å². The van der Waals surface area contributed by atoms with Crippen LogP contribution >= 0.6 is 27.5 Å². The molecule has 0 spiro atoms. The Labute approximate surface area is 178 Å². The van der Waals surface area contributed by atoms with E-state index >= 15 is 0 Å². The number of alkyl carbamates (subject to hydrolysis) is 1. The molecule has 2 rings (SSSR count). The number of carbonyl (C=O) groups is 2. The third-order valence-electron chi connectivity index (χ3n) is 3.68. The Bertz CT molecular complexity index is 850. The van der Waals surface area contributed by atoms with Crippen LogP contribution in [-0.2, 0) is 22.5 Å². The molecule has 2 amide bonds. The van der Waals surface area contributed by atoms with Crippen LogP contribution in [0, 0.1) is 0 Å². The first-order chi connectivity index (χ1) is 13.1. The second-order valence-corrected chi connectivity index (χ2v) is 8.66. The van der Waals surface area contributed by atoms with Gasteiger partial charge in [-0.1, -0.05) is 45.7 Å². The lowest BCUT2D eigenvalue weighted by atomic mass is 10.1. The standard InChI is InChI=1S/C21H24BrClN2O3/c1-21(2,3)28-20(27)24-13-14-5-4-6-17(11-14)25-19(26)10-8-15-7-9-16(22)12-18(15)23/h4-7,9,11-12H,8,10,13H2,1-3H3,(H,24,27)(H,25,26). The summed E-state index contributed by atoms with van der Waals surface area (Å²) in [4.78, 5) is 24.0. The lowest BCUT2D eigenvalue weighted by molar-refractivity contribution is -0.116. The molecule has 0 aliphatic carbocycles. The van der Waals surface area contributed by atoms with Crippen molar-refractivity contribution in [3.63, 3.8) is 0 Å². The van der Waals surface area contributed by atoms with Crippen LogP contribution in [0.3, 0.4) is 0 Å². The van der Waals surface area contributed by atoms with Gasteiger partial charge in [0.15, 0.2) is 0 Å². The summed E-state index contributed by atoms with van der Waals surface area (Å²) in [7, 11) is 0. The maximum absolute atomic E-state index is 12.2. The zero-order valence-electron chi connectivity index (χ0n) is 16.1. The Hall–Kier alpha value is -2.05. The molecule has 0 bridgehead atoms. The molecule has 0 fully saturated rings. The van der Waals surface area contributed by atoms with E-state index in [0.29, 0.717) is 30.1 Å². The van der Waals surface area contributed by atoms with E-state index in [9.17, 15) is 9.59 Å². The number of benzene rings is 2. The lowest BCUT2D eigenvalue weighted by Gasteiger charge is -2.19. The summed E-state index contributed by atoms with van der Waals surface area (Å²) in [5.74, 6) is -0.101. The number of anilines is 1. The van der Waals surface area contributed by atoms with Gasteiger partial charge in [0.1, 0.15) is 5.60 Å². The molecule has 0 heterocycles. The van der Waals surface area contributed by atoms with Crippen LogP contribution in [0.4, 0.5) is 10.5 Å². The summed E-state index contributed by atoms with van der Waals surface area (Å²) in [5.41, 5.74) is 1.92. The molecule has 2 aromatic carbocycles. The van der Waals surface area contributed by atoms with Gasteiger partial charge in [-0.05, 0) is 62.6 Å². The molecule has 5 nitrogen and oxygen atoms in total. The quantitative estimate of drug-likeness (QED) is 0.573. The molecular formula is C21H24BrClN2O3. The SMILES string of the molecule is CC(C)(C)OC(=O)NCc1cccc(NC(=O)CCc2ccc(Br)cc2Cl)c1. The van der Waals surface area contributed by atoms with E-state index in [4.69, 9.17) is 16.3 Å². The highest BCUT2D eigenvalue weighted by atomic mass is 79.9. The monoisotopic (exact) mass is 466 g/mol. The molecule has 0 saturated heterocycles. The van der Waals surface area contributed by atoms with Crippen LogP contribution in [0.5, 0.6) is 0 Å². The minimum Gasteiger partial charge on any atom is -0.444 e. The molecule has 0 unspecified atom stereocenters. The van der Waals surface area contributed by atoms with E-state index in [0.717, 1.165) is 15.6 Å². The van der Waals surface area contributed by atoms with E-state index in [2.05, 4.69) is 26.6 Å². The normalized spacial score (nSPS) is 11.0. The number of nitrogens with one attached hydrogen (secondary N) is 2. The molecule has 0 aromatic heterocycles. The zero-order chi connectivity index (χ0) is 20.7. The average molecular weight is 468 g/mol. The number of amides is 2. The molecule has 0 saturated carbocycles. The second-order valence-electron chi connectivity index (χ2n) is 7.34. The van der Waals surface area contributed by atoms with E-state index in [1.807, 2.05) is 63.2 Å². The molecule has 0 atom stereocenters. The van der Waals surface area contributed by atoms with Crippen molar-refractivity contribution in [2.45, 2.75) is 45.8 Å². The highest BCUT2D eigenvalue weighted by Gasteiger charge is 2.15. The van der Waals surface area contributed by atoms with Gasteiger partial charge in [0.05, 0.1) is 0 Å². The Morgan fingerprint density at radius 3 is 2.57 bits per heavy atom. The van der Waals surface area contributed by atoms with Gasteiger partial charge in [0, 0.05) is 28.1 Å². The maximum Gasteiger partial charge on any atom is 0.407 e. The minimum atomic E-state index is -0.544. The van der Waals surface area contributed by atoms with Crippen molar-refractivity contribution in [1.29, 1.82) is 0 Å². The molecule has 7 heteroatoms. The van der Waals surface area contributed by atoms with Gasteiger partial charge in [-0.25, -0.2) is 4.79 Å². The largest absolute Gasteiger partial charge is 0.444 e. The number of hydrogen-bond acceptors (Lipinski definition) is 3. The molecule has 0 aliphatic heterocycles. The summed E-state index contributed by atoms with van der Waals surface area (Å²) in [5, 5.41) is 6.21. The first-order valence-corrected chi connectivity index (χ1v) is 10.1. The fourth-order valence-corrected chi connectivity index (χ4v) is 3.21. The van der Waals surface area contributed by atoms with Gasteiger partial charge in [0.2, 0.25) is 5.91 Å². The second kappa shape index (κ2) is 9.94. The van der Waals surface area contributed by atoms with Crippen LogP contribution in [0.1, 0.15) is 38.3 Å². The van der Waals surface area contributed by atoms with E-state index in [1.165, 1.54) is 0 Å². The van der Waals surface area contributed by atoms with Crippen molar-refractivity contribution in [3.8, 4) is 0 Å². The number of ether oxygens (including phenoxy) is 1. The summed E-state index contributed by atoms with van der Waals surface area (Å²) in [6, 6.07) is 12.9. The van der Waals surface area contributed by atoms with Gasteiger partial charge in [-0.3, -0.25) is 4.79 Å². The average Bonchev–Trinajstić information content (AvgIpc) is 2.58. The first kappa shape index (κ1) is 22.2. The van der Waals surface area contributed by atoms with E-state index < -0.39 is 11.7 Å². The predicted molar refractivity (Wildman–Crippen MR) is 116 cm³/mol. The number of halogens is 2. The third kappa shape index (κ3) is 7.90. The van der Waals surface area contributed by atoms with Gasteiger partial charge in [-0.15, -0.1) is 0 Å². The fraction of sp³-hybridized carbons (Fsp3) is 0.333. The summed E-state index contributed by atoms with van der Waals surface area (Å²) < 4.78 is 6.12. The van der Waals surface area contributed by atoms with Crippen molar-refractivity contribution < 1.29 is 14.3 Å². The topological polar surface area (TPSA) is 67.4 Å². The molecular weight excluding hydrogens is 444 g/mol. The zero-order valence-corrected chi connectivity index (χ0v) is 18.5. The van der Waals surface area contributed by atoms with E-state index in [1.54, 1.807) is 0 Å². The molecule has 28 heavy (non-hydrogen) atoms. The highest BCUT2D eigenvalue weighted by Crippen LogP contribution is 2.22. The van der Waals surface area contributed by atoms with Crippen LogP contribution in [0.2, 0.25) is 5.02 Å². The van der Waals surface area contributed by atoms with Crippen molar-refractivity contribution in [2.24, 2.45) is 0 Å². The molecule has 0 radical (unpaired) electrons. The number of carbonyl (C=O) groups excluding carboxylic acids is 2. The smallest absolute Gasteiger partial charge is 0.407 e. The molecule has 2 aromatic rings. The van der Waals surface area contributed by atoms with Gasteiger partial charge in [0.25, 0.3) is 0 Å². The number of rotatable bonds is 6. The predicted octanol–water partition coefficient (Wildman–Crippen LogP) is 5.70. The van der Waals surface area contributed by atoms with Gasteiger partial charge >= 0.3 is 6.09 Å². The van der Waals surface area contributed by atoms with Crippen LogP contribution in [0.15, 0.2) is 46.9 Å². The van der Waals surface area contributed by atoms with E-state index in [-0.39, 0.29) is 5.91 Å². The minimum absolute atomic E-state index is 0.101. The summed E-state index contributed by atoms with van der Waals surface area (Å²) in [6.07, 6.45) is 0.396. The third-order valence-corrected chi connectivity index (χ3v) is 4.53. The lowest BCUT2D eigenvalue weighted by Crippen LogP contribution is -2.32. The Kier molecular flexibility index (Phi) is 7.89. The van der Waals surface area contributed by atoms with Crippen molar-refractivity contribution in [2.75, 3.05) is 5.32 Å². The van der Waals surface area contributed by atoms with Crippen molar-refractivity contribution in [3.05, 3.63) is 63.1 Å². The number of aryl methyl sites for hydroxylation is 1. The highest BCUT2D eigenvalue weighted by molar-refractivity contribution is 9.10. The molecule has 150 valence electrons. The Morgan fingerprint density at radius 2 is 1.89 bits per heavy atom. The summed E-state index contributed by atoms with van der Waals surface area (Å²) in [6.45, 7) is 5.74. The maximum atomic E-state index is 12.2. The van der Waals surface area contributed by atoms with Gasteiger partial charge < -0.3 is 15.4 Å². The van der Waals surface area contributed by atoms with Crippen LogP contribution in [-0.4, -0.2) is 17.6 Å². The fourth-order valence-electron chi connectivity index (χ4n) is 2.44. The van der Waals surface area contributed by atoms with Crippen LogP contribution < -0.4 is 10.6 Å². The van der Waals surface area contributed by atoms with Crippen molar-refractivity contribution in [1.82, 2.24) is 5.32 Å². The van der Waals surface area contributed by atoms with Crippen molar-refractivity contribution >= 4 is 45.2 Å².